The first-order valence-corrected chi connectivity index (χ1v) is 11.8. The van der Waals surface area contributed by atoms with Gasteiger partial charge in [-0.25, -0.2) is 13.4 Å². The fraction of sp³-hybridized carbons (Fsp3) is 0.474. The van der Waals surface area contributed by atoms with E-state index in [9.17, 15) is 13.5 Å². The molecule has 0 bridgehead atoms. The third-order valence-corrected chi connectivity index (χ3v) is 8.29. The van der Waals surface area contributed by atoms with E-state index >= 15 is 0 Å². The van der Waals surface area contributed by atoms with Crippen LogP contribution in [0.3, 0.4) is 0 Å². The maximum Gasteiger partial charge on any atom is 0.309 e. The topological polar surface area (TPSA) is 149 Å². The van der Waals surface area contributed by atoms with E-state index in [-0.39, 0.29) is 39.1 Å². The van der Waals surface area contributed by atoms with Gasteiger partial charge in [0.15, 0.2) is 16.0 Å². The molecule has 0 unspecified atom stereocenters. The molecule has 1 aliphatic carbocycles. The molecule has 164 valence electrons. The van der Waals surface area contributed by atoms with Crippen LogP contribution in [0, 0.1) is 5.41 Å². The monoisotopic (exact) mass is 454 g/mol. The van der Waals surface area contributed by atoms with Crippen LogP contribution in [0.25, 0.3) is 0 Å². The van der Waals surface area contributed by atoms with Crippen LogP contribution in [0.5, 0.6) is 5.75 Å². The predicted molar refractivity (Wildman–Crippen MR) is 116 cm³/mol. The Morgan fingerprint density at radius 1 is 1.40 bits per heavy atom. The molecule has 1 saturated carbocycles. The Balaban J connectivity index is 1.90. The Labute approximate surface area is 180 Å². The second-order valence-corrected chi connectivity index (χ2v) is 11.5. The summed E-state index contributed by atoms with van der Waals surface area (Å²) in [6, 6.07) is 3.33. The Kier molecular flexibility index (Phi) is 5.99. The normalized spacial score (nSPS) is 17.5. The van der Waals surface area contributed by atoms with Crippen LogP contribution in [0.2, 0.25) is 0 Å². The van der Waals surface area contributed by atoms with Gasteiger partial charge in [-0.05, 0) is 25.0 Å². The number of aromatic hydroxyl groups is 1. The molecule has 9 nitrogen and oxygen atoms in total. The fourth-order valence-electron chi connectivity index (χ4n) is 2.94. The van der Waals surface area contributed by atoms with E-state index in [1.165, 1.54) is 16.7 Å². The molecule has 0 amide bonds. The molecule has 2 aromatic rings. The van der Waals surface area contributed by atoms with Gasteiger partial charge in [-0.15, -0.1) is 11.3 Å². The minimum atomic E-state index is -3.78. The highest BCUT2D eigenvalue weighted by atomic mass is 32.2. The zero-order chi connectivity index (χ0) is 22.3. The van der Waals surface area contributed by atoms with Crippen molar-refractivity contribution in [2.75, 3.05) is 7.05 Å². The van der Waals surface area contributed by atoms with Crippen LogP contribution in [0.1, 0.15) is 45.4 Å². The van der Waals surface area contributed by atoms with Gasteiger partial charge in [0.05, 0.1) is 6.26 Å². The Morgan fingerprint density at radius 3 is 2.60 bits per heavy atom. The summed E-state index contributed by atoms with van der Waals surface area (Å²) in [5, 5.41) is 11.9. The van der Waals surface area contributed by atoms with Gasteiger partial charge in [0.2, 0.25) is 5.84 Å². The number of nitrogens with two attached hydrogens (primary N) is 2. The molecule has 30 heavy (non-hydrogen) atoms. The lowest BCUT2D eigenvalue weighted by atomic mass is 9.85. The van der Waals surface area contributed by atoms with Gasteiger partial charge in [0, 0.05) is 23.9 Å². The molecule has 1 fully saturated rings. The maximum atomic E-state index is 12.7. The number of aliphatic imine (C=N–C) groups is 1. The van der Waals surface area contributed by atoms with Gasteiger partial charge in [-0.2, -0.15) is 4.31 Å². The smallest absolute Gasteiger partial charge is 0.309 e. The second-order valence-electron chi connectivity index (χ2n) is 8.38. The highest BCUT2D eigenvalue weighted by Gasteiger charge is 2.38. The number of nitrogens with one attached hydrogen (secondary N) is 1. The predicted octanol–water partition coefficient (Wildman–Crippen LogP) is 1.04. The first kappa shape index (κ1) is 22.3. The average Bonchev–Trinajstić information content (AvgIpc) is 3.24. The summed E-state index contributed by atoms with van der Waals surface area (Å²) in [4.78, 5) is 7.26. The Morgan fingerprint density at radius 2 is 2.07 bits per heavy atom. The third kappa shape index (κ3) is 4.52. The van der Waals surface area contributed by atoms with Gasteiger partial charge in [-0.3, -0.25) is 10.7 Å². The zero-order valence-electron chi connectivity index (χ0n) is 17.4. The van der Waals surface area contributed by atoms with Crippen LogP contribution in [-0.4, -0.2) is 42.6 Å². The fourth-order valence-corrected chi connectivity index (χ4v) is 5.74. The Hall–Kier alpha value is -2.37. The molecule has 2 aromatic heterocycles. The van der Waals surface area contributed by atoms with Crippen molar-refractivity contribution in [2.45, 2.75) is 49.9 Å². The number of hydrogen-bond acceptors (Lipinski definition) is 6. The van der Waals surface area contributed by atoms with Crippen molar-refractivity contribution >= 4 is 38.7 Å². The van der Waals surface area contributed by atoms with Crippen LogP contribution in [0.15, 0.2) is 37.4 Å². The molecule has 1 atom stereocenters. The first-order chi connectivity index (χ1) is 13.9. The van der Waals surface area contributed by atoms with E-state index in [1.807, 2.05) is 26.8 Å². The third-order valence-electron chi connectivity index (χ3n) is 4.90. The average molecular weight is 455 g/mol. The molecule has 0 saturated heterocycles. The van der Waals surface area contributed by atoms with Crippen LogP contribution < -0.4 is 16.5 Å². The second kappa shape index (κ2) is 8.05. The van der Waals surface area contributed by atoms with Gasteiger partial charge in [0.25, 0.3) is 10.0 Å². The molecule has 0 spiro atoms. The summed E-state index contributed by atoms with van der Waals surface area (Å²) < 4.78 is 32.0. The highest BCUT2D eigenvalue weighted by molar-refractivity contribution is 7.91. The number of sulfonamides is 1. The zero-order valence-corrected chi connectivity index (χ0v) is 19.0. The minimum Gasteiger partial charge on any atom is -0.504 e. The van der Waals surface area contributed by atoms with E-state index in [0.717, 1.165) is 24.2 Å². The molecule has 3 rings (SSSR count). The van der Waals surface area contributed by atoms with Crippen LogP contribution in [-0.2, 0) is 10.0 Å². The lowest BCUT2D eigenvalue weighted by molar-refractivity contribution is -0.532. The molecule has 0 radical (unpaired) electrons. The number of nitrogens with zero attached hydrogens (tertiary/aromatic N) is 2. The lowest BCUT2D eigenvalue weighted by Gasteiger charge is -2.23. The summed E-state index contributed by atoms with van der Waals surface area (Å²) in [5.74, 6) is 0.287. The highest BCUT2D eigenvalue weighted by Crippen LogP contribution is 2.42. The van der Waals surface area contributed by atoms with E-state index in [1.54, 1.807) is 12.3 Å². The van der Waals surface area contributed by atoms with Crippen molar-refractivity contribution in [3.63, 3.8) is 0 Å². The van der Waals surface area contributed by atoms with Crippen molar-refractivity contribution in [3.8, 4) is 5.75 Å². The largest absolute Gasteiger partial charge is 0.504 e. The first-order valence-electron chi connectivity index (χ1n) is 9.48. The Bertz CT molecular complexity index is 1060. The van der Waals surface area contributed by atoms with Gasteiger partial charge in [-0.1, -0.05) is 20.8 Å². The number of rotatable bonds is 6. The SMILES string of the molecule is CN(C1CC1)S(=O)(=O)c1scc(N=C(N)C(N)=[NH+][C@@H](c2ccco2)C(C)(C)C)c1O. The maximum absolute atomic E-state index is 12.7. The summed E-state index contributed by atoms with van der Waals surface area (Å²) in [6.07, 6.45) is 3.22. The van der Waals surface area contributed by atoms with Crippen molar-refractivity contribution in [2.24, 2.45) is 21.9 Å². The van der Waals surface area contributed by atoms with Crippen molar-refractivity contribution in [1.82, 2.24) is 4.31 Å². The van der Waals surface area contributed by atoms with Gasteiger partial charge >= 0.3 is 5.84 Å². The number of furan rings is 1. The molecule has 11 heteroatoms. The van der Waals surface area contributed by atoms with E-state index in [0.29, 0.717) is 5.76 Å². The van der Waals surface area contributed by atoms with Crippen molar-refractivity contribution in [1.29, 1.82) is 0 Å². The van der Waals surface area contributed by atoms with Gasteiger partial charge < -0.3 is 15.3 Å². The summed E-state index contributed by atoms with van der Waals surface area (Å²) >= 11 is 0.899. The van der Waals surface area contributed by atoms with E-state index < -0.39 is 15.8 Å². The molecule has 6 N–H and O–H groups in total. The van der Waals surface area contributed by atoms with Crippen molar-refractivity contribution in [3.05, 3.63) is 29.5 Å². The molecular formula is C19H28N5O4S2+. The molecule has 1 aliphatic rings. The summed E-state index contributed by atoms with van der Waals surface area (Å²) in [6.45, 7) is 6.06. The van der Waals surface area contributed by atoms with Crippen LogP contribution in [0.4, 0.5) is 5.69 Å². The van der Waals surface area contributed by atoms with E-state index in [2.05, 4.69) is 9.98 Å². The summed E-state index contributed by atoms with van der Waals surface area (Å²) in [5.41, 5.74) is 11.9. The molecule has 0 aliphatic heterocycles. The van der Waals surface area contributed by atoms with Gasteiger partial charge in [0.1, 0.15) is 11.4 Å². The minimum absolute atomic E-state index is 0.0161. The standard InChI is InChI=1S/C19H27N5O4S2/c1-19(2,3)15(13-6-5-9-28-13)23-17(21)16(20)22-12-10-29-18(14(12)25)30(26,27)24(4)11-7-8-11/h5-6,9-11,15,25H,7-8H2,1-4H3,(H2,20,22)(H2,21,23)/p+1/t15-/m0/s1. The van der Waals surface area contributed by atoms with Crippen molar-refractivity contribution < 1.29 is 22.9 Å². The number of amidine groups is 2. The molecule has 0 aromatic carbocycles. The molecular weight excluding hydrogens is 426 g/mol. The van der Waals surface area contributed by atoms with E-state index in [4.69, 9.17) is 15.9 Å². The molecule has 2 heterocycles. The number of hydrogen-bond donors (Lipinski definition) is 4. The quantitative estimate of drug-likeness (QED) is 0.378. The summed E-state index contributed by atoms with van der Waals surface area (Å²) in [7, 11) is -2.27. The lowest BCUT2D eigenvalue weighted by Crippen LogP contribution is -2.81. The number of thiophene rings is 1. The van der Waals surface area contributed by atoms with Crippen LogP contribution >= 0.6 is 11.3 Å².